The Morgan fingerprint density at radius 1 is 1.62 bits per heavy atom. The van der Waals surface area contributed by atoms with Gasteiger partial charge in [-0.3, -0.25) is 14.9 Å². The Morgan fingerprint density at radius 3 is 2.50 bits per heavy atom. The smallest absolute Gasteiger partial charge is 0.310 e. The van der Waals surface area contributed by atoms with Crippen molar-refractivity contribution in [2.45, 2.75) is 13.3 Å². The van der Waals surface area contributed by atoms with E-state index in [0.29, 0.717) is 0 Å². The highest BCUT2D eigenvalue weighted by atomic mass is 19.1. The molecule has 0 aliphatic heterocycles. The van der Waals surface area contributed by atoms with Crippen LogP contribution in [0.5, 0.6) is 0 Å². The van der Waals surface area contributed by atoms with Crippen LogP contribution < -0.4 is 0 Å². The van der Waals surface area contributed by atoms with E-state index >= 15 is 0 Å². The number of carbonyl (C=O) groups excluding carboxylic acids is 1. The number of nitro groups is 1. The number of hydrogen-bond donors (Lipinski definition) is 0. The number of allylic oxidation sites excluding steroid dienone is 2. The molecule has 5 nitrogen and oxygen atoms in total. The van der Waals surface area contributed by atoms with Crippen molar-refractivity contribution < 1.29 is 18.8 Å². The standard InChI is InChI=1S/C10H12FNO4/c1-4-8(6-9(13)16-5-2)10(7(3)11)12(14)15/h4H,1,3,5-6H2,2H3/b10-8-. The highest BCUT2D eigenvalue weighted by Crippen LogP contribution is 2.19. The second kappa shape index (κ2) is 6.49. The Labute approximate surface area is 92.0 Å². The molecule has 6 heteroatoms. The second-order valence-electron chi connectivity index (χ2n) is 2.72. The van der Waals surface area contributed by atoms with Crippen LogP contribution >= 0.6 is 0 Å². The monoisotopic (exact) mass is 229 g/mol. The van der Waals surface area contributed by atoms with Gasteiger partial charge in [-0.2, -0.15) is 0 Å². The average Bonchev–Trinajstić information content (AvgIpc) is 2.15. The van der Waals surface area contributed by atoms with Crippen molar-refractivity contribution in [2.24, 2.45) is 0 Å². The third-order valence-electron chi connectivity index (χ3n) is 1.63. The van der Waals surface area contributed by atoms with Gasteiger partial charge in [-0.1, -0.05) is 19.2 Å². The van der Waals surface area contributed by atoms with Crippen LogP contribution in [-0.2, 0) is 9.53 Å². The summed E-state index contributed by atoms with van der Waals surface area (Å²) in [6, 6.07) is 0. The zero-order chi connectivity index (χ0) is 12.7. The van der Waals surface area contributed by atoms with Gasteiger partial charge >= 0.3 is 11.7 Å². The summed E-state index contributed by atoms with van der Waals surface area (Å²) in [5.41, 5.74) is -1.00. The number of ether oxygens (including phenoxy) is 1. The molecule has 0 aromatic rings. The Kier molecular flexibility index (Phi) is 5.69. The quantitative estimate of drug-likeness (QED) is 0.303. The molecule has 0 saturated carbocycles. The van der Waals surface area contributed by atoms with Crippen LogP contribution in [0.1, 0.15) is 13.3 Å². The van der Waals surface area contributed by atoms with E-state index in [2.05, 4.69) is 17.9 Å². The van der Waals surface area contributed by atoms with E-state index in [9.17, 15) is 19.3 Å². The van der Waals surface area contributed by atoms with Crippen molar-refractivity contribution in [3.8, 4) is 0 Å². The number of halogens is 1. The molecule has 0 aliphatic carbocycles. The number of esters is 1. The van der Waals surface area contributed by atoms with E-state index < -0.39 is 28.8 Å². The lowest BCUT2D eigenvalue weighted by Crippen LogP contribution is -2.09. The summed E-state index contributed by atoms with van der Waals surface area (Å²) >= 11 is 0. The summed E-state index contributed by atoms with van der Waals surface area (Å²) < 4.78 is 17.4. The molecule has 0 radical (unpaired) electrons. The van der Waals surface area contributed by atoms with E-state index in [-0.39, 0.29) is 12.2 Å². The molecule has 0 unspecified atom stereocenters. The molecule has 0 N–H and O–H groups in total. The predicted molar refractivity (Wildman–Crippen MR) is 55.7 cm³/mol. The van der Waals surface area contributed by atoms with Gasteiger partial charge in [-0.25, -0.2) is 4.39 Å². The first-order valence-corrected chi connectivity index (χ1v) is 4.44. The highest BCUT2D eigenvalue weighted by molar-refractivity contribution is 5.73. The van der Waals surface area contributed by atoms with Crippen molar-refractivity contribution in [2.75, 3.05) is 6.61 Å². The van der Waals surface area contributed by atoms with Gasteiger partial charge in [0.2, 0.25) is 0 Å². The normalized spacial score (nSPS) is 11.4. The summed E-state index contributed by atoms with van der Waals surface area (Å²) in [5.74, 6) is -1.90. The minimum absolute atomic E-state index is 0.146. The van der Waals surface area contributed by atoms with E-state index in [1.807, 2.05) is 0 Å². The van der Waals surface area contributed by atoms with Crippen LogP contribution in [0.4, 0.5) is 4.39 Å². The molecule has 0 rings (SSSR count). The molecule has 0 atom stereocenters. The molecule has 0 fully saturated rings. The summed E-state index contributed by atoms with van der Waals surface area (Å²) in [6.07, 6.45) is 0.635. The molecule has 16 heavy (non-hydrogen) atoms. The number of hydrogen-bond acceptors (Lipinski definition) is 4. The van der Waals surface area contributed by atoms with Crippen LogP contribution in [0.2, 0.25) is 0 Å². The third-order valence-corrected chi connectivity index (χ3v) is 1.63. The topological polar surface area (TPSA) is 69.4 Å². The zero-order valence-corrected chi connectivity index (χ0v) is 8.86. The van der Waals surface area contributed by atoms with Gasteiger partial charge in [-0.15, -0.1) is 0 Å². The van der Waals surface area contributed by atoms with Gasteiger partial charge in [0.05, 0.1) is 18.0 Å². The first-order valence-electron chi connectivity index (χ1n) is 4.44. The van der Waals surface area contributed by atoms with Gasteiger partial charge < -0.3 is 4.74 Å². The zero-order valence-electron chi connectivity index (χ0n) is 8.86. The third kappa shape index (κ3) is 4.04. The van der Waals surface area contributed by atoms with E-state index in [4.69, 9.17) is 0 Å². The first kappa shape index (κ1) is 14.0. The minimum atomic E-state index is -1.22. The lowest BCUT2D eigenvalue weighted by atomic mass is 10.1. The SMILES string of the molecule is C=C/C(CC(=O)OCC)=C(\C(=C)F)[N+](=O)[O-]. The fourth-order valence-electron chi connectivity index (χ4n) is 1.01. The molecule has 0 aromatic carbocycles. The molecule has 0 amide bonds. The Bertz CT molecular complexity index is 344. The molecule has 0 aliphatic rings. The van der Waals surface area contributed by atoms with Crippen LogP contribution in [-0.4, -0.2) is 17.5 Å². The lowest BCUT2D eigenvalue weighted by molar-refractivity contribution is -0.423. The van der Waals surface area contributed by atoms with Crippen molar-refractivity contribution in [3.05, 3.63) is 46.4 Å². The summed E-state index contributed by atoms with van der Waals surface area (Å²) in [7, 11) is 0. The lowest BCUT2D eigenvalue weighted by Gasteiger charge is -2.03. The van der Waals surface area contributed by atoms with Gasteiger partial charge in [0.1, 0.15) is 0 Å². The fraction of sp³-hybridized carbons (Fsp3) is 0.300. The van der Waals surface area contributed by atoms with Crippen LogP contribution in [0.3, 0.4) is 0 Å². The van der Waals surface area contributed by atoms with E-state index in [1.165, 1.54) is 0 Å². The van der Waals surface area contributed by atoms with Crippen LogP contribution in [0, 0.1) is 10.1 Å². The van der Waals surface area contributed by atoms with Gasteiger partial charge in [0.15, 0.2) is 5.83 Å². The number of carbonyl (C=O) groups is 1. The van der Waals surface area contributed by atoms with Crippen LogP contribution in [0.15, 0.2) is 36.3 Å². The van der Waals surface area contributed by atoms with Crippen molar-refractivity contribution in [3.63, 3.8) is 0 Å². The van der Waals surface area contributed by atoms with Crippen molar-refractivity contribution in [1.82, 2.24) is 0 Å². The molecule has 0 aromatic heterocycles. The highest BCUT2D eigenvalue weighted by Gasteiger charge is 2.22. The van der Waals surface area contributed by atoms with E-state index in [1.54, 1.807) is 6.92 Å². The summed E-state index contributed by atoms with van der Waals surface area (Å²) in [5, 5.41) is 10.5. The van der Waals surface area contributed by atoms with E-state index in [0.717, 1.165) is 6.08 Å². The largest absolute Gasteiger partial charge is 0.466 e. The maximum absolute atomic E-state index is 12.8. The molecular formula is C10H12FNO4. The van der Waals surface area contributed by atoms with Crippen molar-refractivity contribution >= 4 is 5.97 Å². The minimum Gasteiger partial charge on any atom is -0.466 e. The molecule has 0 heterocycles. The first-order chi connectivity index (χ1) is 7.43. The number of nitrogens with zero attached hydrogens (tertiary/aromatic N) is 1. The maximum atomic E-state index is 12.8. The van der Waals surface area contributed by atoms with Gasteiger partial charge in [0.25, 0.3) is 0 Å². The fourth-order valence-corrected chi connectivity index (χ4v) is 1.01. The Hall–Kier alpha value is -1.98. The van der Waals surface area contributed by atoms with Crippen LogP contribution in [0.25, 0.3) is 0 Å². The van der Waals surface area contributed by atoms with Crippen molar-refractivity contribution in [1.29, 1.82) is 0 Å². The Balaban J connectivity index is 5.12. The average molecular weight is 229 g/mol. The molecular weight excluding hydrogens is 217 g/mol. The molecule has 0 spiro atoms. The maximum Gasteiger partial charge on any atom is 0.310 e. The second-order valence-corrected chi connectivity index (χ2v) is 2.72. The number of rotatable bonds is 6. The molecule has 0 saturated heterocycles. The Morgan fingerprint density at radius 2 is 2.19 bits per heavy atom. The van der Waals surface area contributed by atoms with Gasteiger partial charge in [-0.05, 0) is 6.92 Å². The predicted octanol–water partition coefficient (Wildman–Crippen LogP) is 2.14. The van der Waals surface area contributed by atoms with Gasteiger partial charge in [0, 0.05) is 5.57 Å². The summed E-state index contributed by atoms with van der Waals surface area (Å²) in [6.45, 7) is 7.86. The molecule has 88 valence electrons. The summed E-state index contributed by atoms with van der Waals surface area (Å²) in [4.78, 5) is 20.7. The molecule has 0 bridgehead atoms.